The van der Waals surface area contributed by atoms with E-state index in [0.717, 1.165) is 26.1 Å². The average Bonchev–Trinajstić information content (AvgIpc) is 2.30. The van der Waals surface area contributed by atoms with Gasteiger partial charge in [0.25, 0.3) is 0 Å². The third-order valence-electron chi connectivity index (χ3n) is 2.78. The van der Waals surface area contributed by atoms with Gasteiger partial charge in [-0.05, 0) is 26.5 Å². The van der Waals surface area contributed by atoms with Crippen LogP contribution in [0.3, 0.4) is 0 Å². The fourth-order valence-electron chi connectivity index (χ4n) is 1.52. The third kappa shape index (κ3) is 2.56. The summed E-state index contributed by atoms with van der Waals surface area (Å²) in [6.07, 6.45) is 2.45. The highest BCUT2D eigenvalue weighted by atomic mass is 16.2. The molecule has 1 amide bonds. The summed E-state index contributed by atoms with van der Waals surface area (Å²) in [5, 5.41) is 0. The molecule has 0 spiro atoms. The molecule has 0 aliphatic carbocycles. The number of carbonyl (C=O) groups is 1. The van der Waals surface area contributed by atoms with E-state index in [2.05, 4.69) is 25.5 Å². The molecule has 0 bridgehead atoms. The van der Waals surface area contributed by atoms with Crippen molar-refractivity contribution in [3.05, 3.63) is 12.7 Å². The van der Waals surface area contributed by atoms with Crippen LogP contribution < -0.4 is 0 Å². The molecular formula is C10H18N2O. The fraction of sp³-hybridized carbons (Fsp3) is 0.700. The number of carbonyl (C=O) groups excluding carboxylic acids is 1. The summed E-state index contributed by atoms with van der Waals surface area (Å²) in [6.45, 7) is 8.34. The normalized spacial score (nSPS) is 25.4. The topological polar surface area (TPSA) is 23.6 Å². The first kappa shape index (κ1) is 10.3. The van der Waals surface area contributed by atoms with Crippen molar-refractivity contribution >= 4 is 5.91 Å². The van der Waals surface area contributed by atoms with Crippen LogP contribution in [-0.2, 0) is 4.79 Å². The van der Waals surface area contributed by atoms with Gasteiger partial charge < -0.3 is 9.80 Å². The number of likely N-dealkylation sites (N-methyl/N-ethyl adjacent to an activating group) is 1. The van der Waals surface area contributed by atoms with Crippen molar-refractivity contribution in [2.45, 2.75) is 19.4 Å². The van der Waals surface area contributed by atoms with Crippen LogP contribution in [0.25, 0.3) is 0 Å². The van der Waals surface area contributed by atoms with E-state index in [4.69, 9.17) is 0 Å². The van der Waals surface area contributed by atoms with Crippen molar-refractivity contribution in [3.63, 3.8) is 0 Å². The Morgan fingerprint density at radius 2 is 2.15 bits per heavy atom. The summed E-state index contributed by atoms with van der Waals surface area (Å²) in [5.41, 5.74) is 0. The van der Waals surface area contributed by atoms with Gasteiger partial charge >= 0.3 is 0 Å². The average molecular weight is 182 g/mol. The molecule has 0 aromatic heterocycles. The predicted octanol–water partition coefficient (Wildman–Crippen LogP) is 0.725. The van der Waals surface area contributed by atoms with Crippen molar-refractivity contribution in [2.24, 2.45) is 0 Å². The lowest BCUT2D eigenvalue weighted by Crippen LogP contribution is -2.33. The van der Waals surface area contributed by atoms with Crippen LogP contribution in [0.5, 0.6) is 0 Å². The number of nitrogens with zero attached hydrogens (tertiary/aromatic N) is 2. The first-order valence-corrected chi connectivity index (χ1v) is 4.76. The zero-order chi connectivity index (χ0) is 9.84. The van der Waals surface area contributed by atoms with Crippen LogP contribution in [0.4, 0.5) is 0 Å². The van der Waals surface area contributed by atoms with Crippen LogP contribution in [-0.4, -0.2) is 48.4 Å². The second-order valence-electron chi connectivity index (χ2n) is 3.65. The molecule has 0 radical (unpaired) electrons. The molecule has 13 heavy (non-hydrogen) atoms. The highest BCUT2D eigenvalue weighted by molar-refractivity contribution is 5.86. The maximum atomic E-state index is 11.3. The molecule has 0 aromatic rings. The van der Waals surface area contributed by atoms with Crippen LogP contribution in [0.15, 0.2) is 12.7 Å². The molecule has 1 saturated heterocycles. The Morgan fingerprint density at radius 3 is 2.77 bits per heavy atom. The van der Waals surface area contributed by atoms with E-state index in [1.54, 1.807) is 0 Å². The quantitative estimate of drug-likeness (QED) is 0.558. The Labute approximate surface area is 80.0 Å². The van der Waals surface area contributed by atoms with E-state index in [9.17, 15) is 4.79 Å². The molecule has 74 valence electrons. The first-order chi connectivity index (χ1) is 6.15. The van der Waals surface area contributed by atoms with Crippen molar-refractivity contribution < 1.29 is 4.79 Å². The summed E-state index contributed by atoms with van der Waals surface area (Å²) in [5.74, 6) is 0.0579. The second kappa shape index (κ2) is 4.42. The minimum absolute atomic E-state index is 0.0579. The highest BCUT2D eigenvalue weighted by Gasteiger charge is 2.19. The lowest BCUT2D eigenvalue weighted by molar-refractivity contribution is -0.125. The van der Waals surface area contributed by atoms with E-state index in [1.807, 2.05) is 4.90 Å². The third-order valence-corrected chi connectivity index (χ3v) is 2.78. The van der Waals surface area contributed by atoms with Crippen molar-refractivity contribution in [2.75, 3.05) is 26.7 Å². The molecule has 3 nitrogen and oxygen atoms in total. The summed E-state index contributed by atoms with van der Waals surface area (Å²) in [6, 6.07) is 0.572. The monoisotopic (exact) mass is 182 g/mol. The molecule has 1 aliphatic heterocycles. The van der Waals surface area contributed by atoms with Gasteiger partial charge in [-0.1, -0.05) is 6.58 Å². The summed E-state index contributed by atoms with van der Waals surface area (Å²) in [7, 11) is 2.10. The van der Waals surface area contributed by atoms with Gasteiger partial charge in [-0.25, -0.2) is 0 Å². The minimum atomic E-state index is 0.0579. The molecular weight excluding hydrogens is 164 g/mol. The van der Waals surface area contributed by atoms with E-state index < -0.39 is 0 Å². The molecule has 0 aromatic carbocycles. The van der Waals surface area contributed by atoms with Gasteiger partial charge in [0.1, 0.15) is 0 Å². The number of hydrogen-bond donors (Lipinski definition) is 0. The molecule has 1 atom stereocenters. The number of hydrogen-bond acceptors (Lipinski definition) is 2. The molecule has 3 heteroatoms. The van der Waals surface area contributed by atoms with E-state index in [1.165, 1.54) is 6.08 Å². The maximum absolute atomic E-state index is 11.3. The second-order valence-corrected chi connectivity index (χ2v) is 3.65. The zero-order valence-electron chi connectivity index (χ0n) is 8.49. The van der Waals surface area contributed by atoms with Gasteiger partial charge in [-0.15, -0.1) is 0 Å². The lowest BCUT2D eigenvalue weighted by atomic mass is 10.2. The fourth-order valence-corrected chi connectivity index (χ4v) is 1.52. The first-order valence-electron chi connectivity index (χ1n) is 4.76. The van der Waals surface area contributed by atoms with Crippen LogP contribution in [0.2, 0.25) is 0 Å². The largest absolute Gasteiger partial charge is 0.338 e. The van der Waals surface area contributed by atoms with Crippen molar-refractivity contribution in [3.8, 4) is 0 Å². The molecule has 1 rings (SSSR count). The lowest BCUT2D eigenvalue weighted by Gasteiger charge is -2.20. The van der Waals surface area contributed by atoms with Crippen LogP contribution >= 0.6 is 0 Å². The van der Waals surface area contributed by atoms with Crippen molar-refractivity contribution in [1.29, 1.82) is 0 Å². The maximum Gasteiger partial charge on any atom is 0.245 e. The number of rotatable bonds is 1. The minimum Gasteiger partial charge on any atom is -0.338 e. The zero-order valence-corrected chi connectivity index (χ0v) is 8.49. The Morgan fingerprint density at radius 1 is 1.46 bits per heavy atom. The van der Waals surface area contributed by atoms with Gasteiger partial charge in [0.15, 0.2) is 0 Å². The van der Waals surface area contributed by atoms with E-state index in [0.29, 0.717) is 6.04 Å². The van der Waals surface area contributed by atoms with Gasteiger partial charge in [0.2, 0.25) is 5.91 Å². The van der Waals surface area contributed by atoms with Crippen LogP contribution in [0.1, 0.15) is 13.3 Å². The van der Waals surface area contributed by atoms with Crippen LogP contribution in [0, 0.1) is 0 Å². The Hall–Kier alpha value is -0.830. The van der Waals surface area contributed by atoms with E-state index >= 15 is 0 Å². The molecule has 1 fully saturated rings. The van der Waals surface area contributed by atoms with Gasteiger partial charge in [-0.2, -0.15) is 0 Å². The number of amides is 1. The van der Waals surface area contributed by atoms with Gasteiger partial charge in [0, 0.05) is 25.7 Å². The molecule has 1 heterocycles. The van der Waals surface area contributed by atoms with Gasteiger partial charge in [-0.3, -0.25) is 4.79 Å². The van der Waals surface area contributed by atoms with E-state index in [-0.39, 0.29) is 5.91 Å². The smallest absolute Gasteiger partial charge is 0.245 e. The van der Waals surface area contributed by atoms with Crippen molar-refractivity contribution in [1.82, 2.24) is 9.80 Å². The summed E-state index contributed by atoms with van der Waals surface area (Å²) < 4.78 is 0. The SMILES string of the molecule is C=CC(=O)N1CCC(C)N(C)CC1. The Bertz CT molecular complexity index is 191. The molecule has 1 aliphatic rings. The predicted molar refractivity (Wildman–Crippen MR) is 53.5 cm³/mol. The Kier molecular flexibility index (Phi) is 3.48. The molecule has 0 N–H and O–H groups in total. The highest BCUT2D eigenvalue weighted by Crippen LogP contribution is 2.08. The Balaban J connectivity index is 2.53. The standard InChI is InChI=1S/C10H18N2O/c1-4-10(13)12-6-5-9(2)11(3)7-8-12/h4,9H,1,5-8H2,2-3H3. The molecule has 1 unspecified atom stereocenters. The summed E-state index contributed by atoms with van der Waals surface area (Å²) >= 11 is 0. The summed E-state index contributed by atoms with van der Waals surface area (Å²) in [4.78, 5) is 15.5. The van der Waals surface area contributed by atoms with Gasteiger partial charge in [0.05, 0.1) is 0 Å². The molecule has 0 saturated carbocycles.